The molecule has 2 bridgehead atoms. The quantitative estimate of drug-likeness (QED) is 0.678. The minimum Gasteiger partial charge on any atom is -0.365 e. The van der Waals surface area contributed by atoms with E-state index in [4.69, 9.17) is 11.8 Å². The Morgan fingerprint density at radius 1 is 1.27 bits per heavy atom. The molecule has 1 aromatic rings. The second kappa shape index (κ2) is 3.35. The molecule has 2 aliphatic heterocycles. The molecule has 80 valence electrons. The summed E-state index contributed by atoms with van der Waals surface area (Å²) in [6.07, 6.45) is 1.10. The zero-order valence-electron chi connectivity index (χ0n) is 8.24. The number of anilines is 1. The van der Waals surface area contributed by atoms with Crippen molar-refractivity contribution < 1.29 is 4.39 Å². The summed E-state index contributed by atoms with van der Waals surface area (Å²) in [6.45, 7) is 1.79. The third-order valence-electron chi connectivity index (χ3n) is 3.31. The minimum absolute atomic E-state index is 0.169. The van der Waals surface area contributed by atoms with Gasteiger partial charge in [-0.15, -0.1) is 0 Å². The molecule has 0 aromatic heterocycles. The number of rotatable bonds is 1. The van der Waals surface area contributed by atoms with Crippen LogP contribution in [-0.2, 0) is 0 Å². The molecule has 15 heavy (non-hydrogen) atoms. The van der Waals surface area contributed by atoms with E-state index < -0.39 is 0 Å². The van der Waals surface area contributed by atoms with Crippen LogP contribution in [0.3, 0.4) is 0 Å². The maximum absolute atomic E-state index is 13.1. The summed E-state index contributed by atoms with van der Waals surface area (Å²) >= 11 is 6.03. The van der Waals surface area contributed by atoms with Gasteiger partial charge in [-0.3, -0.25) is 0 Å². The van der Waals surface area contributed by atoms with Gasteiger partial charge in [0, 0.05) is 30.9 Å². The molecule has 0 saturated carbocycles. The zero-order chi connectivity index (χ0) is 10.4. The first-order valence-electron chi connectivity index (χ1n) is 5.18. The molecule has 2 aliphatic rings. The van der Waals surface area contributed by atoms with Crippen molar-refractivity contribution in [2.24, 2.45) is 0 Å². The smallest absolute Gasteiger partial charge is 0.125 e. The number of benzene rings is 1. The third kappa shape index (κ3) is 1.50. The largest absolute Gasteiger partial charge is 0.365 e. The second-order valence-electron chi connectivity index (χ2n) is 4.26. The van der Waals surface area contributed by atoms with E-state index in [2.05, 4.69) is 4.90 Å². The van der Waals surface area contributed by atoms with Crippen molar-refractivity contribution in [2.45, 2.75) is 18.5 Å². The van der Waals surface area contributed by atoms with Crippen molar-refractivity contribution in [3.05, 3.63) is 30.1 Å². The van der Waals surface area contributed by atoms with Crippen LogP contribution in [0.1, 0.15) is 6.42 Å². The maximum Gasteiger partial charge on any atom is 0.125 e. The molecule has 2 heterocycles. The molecule has 1 aromatic carbocycles. The molecule has 2 nitrogen and oxygen atoms in total. The van der Waals surface area contributed by atoms with Crippen LogP contribution < -0.4 is 4.90 Å². The molecule has 3 rings (SSSR count). The van der Waals surface area contributed by atoms with Gasteiger partial charge in [-0.2, -0.15) is 0 Å². The average molecular weight is 227 g/mol. The summed E-state index contributed by atoms with van der Waals surface area (Å²) in [4.78, 5) is 2.26. The third-order valence-corrected chi connectivity index (χ3v) is 3.73. The highest BCUT2D eigenvalue weighted by Gasteiger charge is 2.42. The molecule has 0 aliphatic carbocycles. The Bertz CT molecular complexity index is 383. The molecule has 4 heteroatoms. The lowest BCUT2D eigenvalue weighted by molar-refractivity contribution is 0.397. The predicted octanol–water partition coefficient (Wildman–Crippen LogP) is 2.24. The fraction of sp³-hybridized carbons (Fsp3) is 0.455. The predicted molar refractivity (Wildman–Crippen MR) is 58.5 cm³/mol. The van der Waals surface area contributed by atoms with Crippen LogP contribution in [0.15, 0.2) is 24.3 Å². The first-order chi connectivity index (χ1) is 7.24. The van der Waals surface area contributed by atoms with Gasteiger partial charge in [0.15, 0.2) is 0 Å². The van der Waals surface area contributed by atoms with Crippen molar-refractivity contribution in [2.75, 3.05) is 18.0 Å². The number of fused-ring (bicyclic) bond motifs is 2. The number of piperazine rings is 1. The topological polar surface area (TPSA) is 6.48 Å². The lowest BCUT2D eigenvalue weighted by Crippen LogP contribution is -2.42. The fourth-order valence-corrected chi connectivity index (χ4v) is 2.89. The van der Waals surface area contributed by atoms with Gasteiger partial charge in [-0.25, -0.2) is 8.81 Å². The van der Waals surface area contributed by atoms with Crippen molar-refractivity contribution >= 4 is 17.5 Å². The molecule has 0 amide bonds. The van der Waals surface area contributed by atoms with Gasteiger partial charge in [0.1, 0.15) is 5.82 Å². The van der Waals surface area contributed by atoms with E-state index in [1.165, 1.54) is 6.07 Å². The lowest BCUT2D eigenvalue weighted by atomic mass is 10.2. The molecular formula is C11H12ClFN2. The highest BCUT2D eigenvalue weighted by atomic mass is 35.5. The first-order valence-corrected chi connectivity index (χ1v) is 5.52. The summed E-state index contributed by atoms with van der Waals surface area (Å²) in [7, 11) is 0. The number of nitrogens with zero attached hydrogens (tertiary/aromatic N) is 2. The summed E-state index contributed by atoms with van der Waals surface area (Å²) in [5.41, 5.74) is 0.979. The molecule has 2 atom stereocenters. The van der Waals surface area contributed by atoms with Crippen molar-refractivity contribution in [1.82, 2.24) is 4.42 Å². The van der Waals surface area contributed by atoms with Crippen LogP contribution in [0.5, 0.6) is 0 Å². The van der Waals surface area contributed by atoms with Gasteiger partial charge in [-0.1, -0.05) is 6.07 Å². The van der Waals surface area contributed by atoms with Crippen LogP contribution in [0.2, 0.25) is 0 Å². The highest BCUT2D eigenvalue weighted by molar-refractivity contribution is 6.13. The minimum atomic E-state index is -0.169. The van der Waals surface area contributed by atoms with E-state index in [1.54, 1.807) is 12.1 Å². The van der Waals surface area contributed by atoms with E-state index in [0.717, 1.165) is 25.2 Å². The molecule has 2 fully saturated rings. The molecule has 0 unspecified atom stereocenters. The van der Waals surface area contributed by atoms with Crippen molar-refractivity contribution in [3.63, 3.8) is 0 Å². The Labute approximate surface area is 93.3 Å². The van der Waals surface area contributed by atoms with E-state index >= 15 is 0 Å². The fourth-order valence-electron chi connectivity index (χ4n) is 2.59. The summed E-state index contributed by atoms with van der Waals surface area (Å²) in [5, 5.41) is 0. The Balaban J connectivity index is 1.86. The number of halogens is 2. The second-order valence-corrected chi connectivity index (χ2v) is 4.69. The summed E-state index contributed by atoms with van der Waals surface area (Å²) < 4.78 is 15.0. The van der Waals surface area contributed by atoms with Gasteiger partial charge in [0.25, 0.3) is 0 Å². The SMILES string of the molecule is Fc1cccc(N2C[C@H]3C[C@@H]2CN3Cl)c1. The highest BCUT2D eigenvalue weighted by Crippen LogP contribution is 2.35. The van der Waals surface area contributed by atoms with Gasteiger partial charge in [-0.05, 0) is 36.4 Å². The van der Waals surface area contributed by atoms with Crippen LogP contribution in [0.4, 0.5) is 10.1 Å². The van der Waals surface area contributed by atoms with Crippen molar-refractivity contribution in [3.8, 4) is 0 Å². The zero-order valence-corrected chi connectivity index (χ0v) is 8.99. The standard InChI is InChI=1S/C11H12ClFN2/c12-15-7-10-5-11(15)6-14(10)9-3-1-2-8(13)4-9/h1-4,10-11H,5-7H2/t10-,11-/m1/s1. The lowest BCUT2D eigenvalue weighted by Gasteiger charge is -2.32. The van der Waals surface area contributed by atoms with E-state index in [1.807, 2.05) is 10.5 Å². The first kappa shape index (κ1) is 9.43. The number of hydrogen-bond donors (Lipinski definition) is 0. The van der Waals surface area contributed by atoms with Gasteiger partial charge in [0.05, 0.1) is 0 Å². The Morgan fingerprint density at radius 3 is 2.73 bits per heavy atom. The average Bonchev–Trinajstić information content (AvgIpc) is 2.76. The van der Waals surface area contributed by atoms with Gasteiger partial charge in [0.2, 0.25) is 0 Å². The van der Waals surface area contributed by atoms with Crippen molar-refractivity contribution in [1.29, 1.82) is 0 Å². The van der Waals surface area contributed by atoms with Gasteiger partial charge >= 0.3 is 0 Å². The molecule has 0 spiro atoms. The Hall–Kier alpha value is -0.800. The maximum atomic E-state index is 13.1. The van der Waals surface area contributed by atoms with Gasteiger partial charge < -0.3 is 4.90 Å². The van der Waals surface area contributed by atoms with E-state index in [-0.39, 0.29) is 5.82 Å². The van der Waals surface area contributed by atoms with Crippen LogP contribution in [0, 0.1) is 5.82 Å². The van der Waals surface area contributed by atoms with Crippen LogP contribution >= 0.6 is 11.8 Å². The van der Waals surface area contributed by atoms with Crippen LogP contribution in [0.25, 0.3) is 0 Å². The number of hydrogen-bond acceptors (Lipinski definition) is 2. The molecule has 0 radical (unpaired) electrons. The van der Waals surface area contributed by atoms with E-state index in [0.29, 0.717) is 12.1 Å². The normalized spacial score (nSPS) is 30.1. The molecule has 0 N–H and O–H groups in total. The van der Waals surface area contributed by atoms with E-state index in [9.17, 15) is 4.39 Å². The molecule has 2 saturated heterocycles. The Morgan fingerprint density at radius 2 is 2.13 bits per heavy atom. The Kier molecular flexibility index (Phi) is 2.11. The van der Waals surface area contributed by atoms with Crippen LogP contribution in [-0.4, -0.2) is 29.6 Å². The monoisotopic (exact) mass is 226 g/mol. The summed E-state index contributed by atoms with van der Waals surface area (Å²) in [5.74, 6) is -0.169. The molecular weight excluding hydrogens is 215 g/mol. The summed E-state index contributed by atoms with van der Waals surface area (Å²) in [6, 6.07) is 7.68.